The summed E-state index contributed by atoms with van der Waals surface area (Å²) in [7, 11) is 1.54. The highest BCUT2D eigenvalue weighted by molar-refractivity contribution is 7.91. The van der Waals surface area contributed by atoms with Crippen LogP contribution in [0.4, 0.5) is 0 Å². The molecule has 0 saturated carbocycles. The quantitative estimate of drug-likeness (QED) is 0.493. The maximum Gasteiger partial charge on any atom is 0.222 e. The van der Waals surface area contributed by atoms with Gasteiger partial charge in [-0.1, -0.05) is 16.0 Å². The van der Waals surface area contributed by atoms with Gasteiger partial charge in [-0.2, -0.15) is 0 Å². The number of hydrogen-bond donors (Lipinski definition) is 0. The highest BCUT2D eigenvalue weighted by atomic mass is 35.5. The first-order chi connectivity index (χ1) is 9.82. The lowest BCUT2D eigenvalue weighted by Gasteiger charge is -2.17. The van der Waals surface area contributed by atoms with Crippen molar-refractivity contribution in [2.45, 2.75) is 25.5 Å². The van der Waals surface area contributed by atoms with E-state index in [1.165, 1.54) is 0 Å². The third kappa shape index (κ3) is 3.64. The van der Waals surface area contributed by atoms with Crippen LogP contribution in [0.3, 0.4) is 0 Å². The average molecular weight is 326 g/mol. The van der Waals surface area contributed by atoms with Gasteiger partial charge in [-0.3, -0.25) is 0 Å². The molecule has 2 heterocycles. The minimum absolute atomic E-state index is 0.363. The molecule has 0 radical (unpaired) electrons. The van der Waals surface area contributed by atoms with Gasteiger partial charge in [0.25, 0.3) is 0 Å². The van der Waals surface area contributed by atoms with Crippen LogP contribution in [0.15, 0.2) is 22.9 Å². The number of pyridine rings is 2. The van der Waals surface area contributed by atoms with E-state index in [4.69, 9.17) is 16.3 Å². The number of halogens is 1. The average Bonchev–Trinajstić information content (AvgIpc) is 2.43. The van der Waals surface area contributed by atoms with E-state index < -0.39 is 16.1 Å². The van der Waals surface area contributed by atoms with Crippen LogP contribution >= 0.6 is 11.6 Å². The first kappa shape index (κ1) is 16.0. The van der Waals surface area contributed by atoms with Crippen LogP contribution in [0.2, 0.25) is 5.15 Å². The minimum Gasteiger partial charge on any atom is -0.591 e. The monoisotopic (exact) mass is 325 g/mol. The number of fused-ring (bicyclic) bond motifs is 1. The van der Waals surface area contributed by atoms with Gasteiger partial charge in [0.05, 0.1) is 18.7 Å². The van der Waals surface area contributed by atoms with Crippen molar-refractivity contribution >= 4 is 39.9 Å². The van der Waals surface area contributed by atoms with Gasteiger partial charge in [0.1, 0.15) is 21.3 Å². The Morgan fingerprint density at radius 3 is 2.62 bits per heavy atom. The van der Waals surface area contributed by atoms with E-state index in [0.717, 1.165) is 10.8 Å². The Bertz CT molecular complexity index is 686. The molecule has 5 nitrogen and oxygen atoms in total. The molecule has 112 valence electrons. The van der Waals surface area contributed by atoms with Gasteiger partial charge < -0.3 is 9.29 Å². The van der Waals surface area contributed by atoms with E-state index in [2.05, 4.69) is 14.4 Å². The molecule has 0 aromatic carbocycles. The Kier molecular flexibility index (Phi) is 4.70. The maximum absolute atomic E-state index is 12.0. The standard InChI is InChI=1S/C14H16ClN3O2S/c1-14(2,3)21(19)18-7-9-6-17-13(20-4)11-8-16-12(15)5-10(9)11/h5-8H,1-4H3/b18-7+. The molecule has 0 amide bonds. The number of hydrogen-bond acceptors (Lipinski definition) is 5. The van der Waals surface area contributed by atoms with Gasteiger partial charge >= 0.3 is 0 Å². The van der Waals surface area contributed by atoms with Gasteiger partial charge in [0.15, 0.2) is 0 Å². The Morgan fingerprint density at radius 1 is 1.29 bits per heavy atom. The Hall–Kier alpha value is -1.37. The van der Waals surface area contributed by atoms with E-state index in [1.807, 2.05) is 20.8 Å². The van der Waals surface area contributed by atoms with Gasteiger partial charge in [-0.05, 0) is 26.8 Å². The predicted molar refractivity (Wildman–Crippen MR) is 86.6 cm³/mol. The molecule has 0 spiro atoms. The number of rotatable bonds is 3. The lowest BCUT2D eigenvalue weighted by Crippen LogP contribution is -2.25. The summed E-state index contributed by atoms with van der Waals surface area (Å²) in [6.07, 6.45) is 4.76. The Balaban J connectivity index is 2.50. The number of ether oxygens (including phenoxy) is 1. The van der Waals surface area contributed by atoms with Crippen LogP contribution in [0, 0.1) is 0 Å². The molecule has 21 heavy (non-hydrogen) atoms. The van der Waals surface area contributed by atoms with E-state index in [-0.39, 0.29) is 0 Å². The van der Waals surface area contributed by atoms with E-state index >= 15 is 0 Å². The fraction of sp³-hybridized carbons (Fsp3) is 0.357. The molecule has 0 bridgehead atoms. The van der Waals surface area contributed by atoms with Gasteiger partial charge in [-0.25, -0.2) is 9.97 Å². The van der Waals surface area contributed by atoms with Crippen molar-refractivity contribution in [2.75, 3.05) is 7.11 Å². The maximum atomic E-state index is 12.0. The van der Waals surface area contributed by atoms with Crippen molar-refractivity contribution in [3.8, 4) is 5.88 Å². The predicted octanol–water partition coefficient (Wildman–Crippen LogP) is 3.17. The summed E-state index contributed by atoms with van der Waals surface area (Å²) >= 11 is 4.61. The zero-order valence-corrected chi connectivity index (χ0v) is 13.8. The van der Waals surface area contributed by atoms with Crippen LogP contribution in [0.25, 0.3) is 10.8 Å². The second-order valence-corrected chi connectivity index (χ2v) is 7.69. The summed E-state index contributed by atoms with van der Waals surface area (Å²) in [5.41, 5.74) is 0.715. The van der Waals surface area contributed by atoms with E-state index in [1.54, 1.807) is 31.8 Å². The third-order valence-corrected chi connectivity index (χ3v) is 4.29. The Morgan fingerprint density at radius 2 is 2.00 bits per heavy atom. The highest BCUT2D eigenvalue weighted by Gasteiger charge is 2.25. The van der Waals surface area contributed by atoms with Crippen LogP contribution in [0.5, 0.6) is 5.88 Å². The smallest absolute Gasteiger partial charge is 0.222 e. The van der Waals surface area contributed by atoms with Crippen LogP contribution in [-0.4, -0.2) is 32.6 Å². The van der Waals surface area contributed by atoms with E-state index in [9.17, 15) is 4.55 Å². The Labute approximate surface area is 131 Å². The second-order valence-electron chi connectivity index (χ2n) is 5.37. The first-order valence-corrected chi connectivity index (χ1v) is 7.75. The molecule has 0 aliphatic heterocycles. The summed E-state index contributed by atoms with van der Waals surface area (Å²) in [5, 5.41) is 1.89. The van der Waals surface area contributed by atoms with Crippen molar-refractivity contribution in [2.24, 2.45) is 4.40 Å². The lowest BCUT2D eigenvalue weighted by atomic mass is 10.1. The lowest BCUT2D eigenvalue weighted by molar-refractivity contribution is 0.403. The SMILES string of the molecule is COc1ncc(/C=N/[S+]([O-])C(C)(C)C)c2cc(Cl)ncc12. The molecule has 0 fully saturated rings. The molecule has 0 aliphatic carbocycles. The molecule has 2 rings (SSSR count). The summed E-state index contributed by atoms with van der Waals surface area (Å²) in [6, 6.07) is 1.71. The summed E-state index contributed by atoms with van der Waals surface area (Å²) in [6.45, 7) is 5.60. The summed E-state index contributed by atoms with van der Waals surface area (Å²) in [4.78, 5) is 8.23. The summed E-state index contributed by atoms with van der Waals surface area (Å²) in [5.74, 6) is 0.461. The number of nitrogens with zero attached hydrogens (tertiary/aromatic N) is 3. The minimum atomic E-state index is -1.33. The fourth-order valence-corrected chi connectivity index (χ4v) is 2.32. The van der Waals surface area contributed by atoms with E-state index in [0.29, 0.717) is 16.6 Å². The number of methoxy groups -OCH3 is 1. The third-order valence-electron chi connectivity index (χ3n) is 2.74. The largest absolute Gasteiger partial charge is 0.591 e. The molecule has 7 heteroatoms. The first-order valence-electron chi connectivity index (χ1n) is 6.27. The van der Waals surface area contributed by atoms with Crippen molar-refractivity contribution in [1.29, 1.82) is 0 Å². The molecule has 2 aromatic heterocycles. The molecule has 0 N–H and O–H groups in total. The summed E-state index contributed by atoms with van der Waals surface area (Å²) < 4.78 is 20.9. The molecule has 0 aliphatic rings. The van der Waals surface area contributed by atoms with Gasteiger partial charge in [0, 0.05) is 23.3 Å². The van der Waals surface area contributed by atoms with Crippen LogP contribution < -0.4 is 4.74 Å². The van der Waals surface area contributed by atoms with Crippen LogP contribution in [0.1, 0.15) is 26.3 Å². The molecule has 1 unspecified atom stereocenters. The number of aromatic nitrogens is 2. The molecular weight excluding hydrogens is 310 g/mol. The normalized spacial score (nSPS) is 13.8. The van der Waals surface area contributed by atoms with Crippen LogP contribution in [-0.2, 0) is 11.4 Å². The molecule has 1 atom stereocenters. The molecular formula is C14H16ClN3O2S. The zero-order valence-electron chi connectivity index (χ0n) is 12.3. The van der Waals surface area contributed by atoms with Crippen molar-refractivity contribution < 1.29 is 9.29 Å². The van der Waals surface area contributed by atoms with Gasteiger partial charge in [-0.15, -0.1) is 0 Å². The highest BCUT2D eigenvalue weighted by Crippen LogP contribution is 2.27. The van der Waals surface area contributed by atoms with Crippen molar-refractivity contribution in [1.82, 2.24) is 9.97 Å². The topological polar surface area (TPSA) is 70.4 Å². The van der Waals surface area contributed by atoms with Crippen molar-refractivity contribution in [3.05, 3.63) is 29.2 Å². The zero-order chi connectivity index (χ0) is 15.6. The molecule has 0 saturated heterocycles. The second kappa shape index (κ2) is 6.17. The van der Waals surface area contributed by atoms with Gasteiger partial charge in [0.2, 0.25) is 5.88 Å². The fourth-order valence-electron chi connectivity index (χ4n) is 1.63. The van der Waals surface area contributed by atoms with Crippen molar-refractivity contribution in [3.63, 3.8) is 0 Å². The molecule has 2 aromatic rings.